The van der Waals surface area contributed by atoms with Gasteiger partial charge < -0.3 is 9.73 Å². The number of carbonyl (C=O) groups excluding carboxylic acids is 1. The summed E-state index contributed by atoms with van der Waals surface area (Å²) >= 11 is 0. The van der Waals surface area contributed by atoms with Crippen LogP contribution >= 0.6 is 0 Å². The lowest BCUT2D eigenvalue weighted by molar-refractivity contribution is 0.0954. The monoisotopic (exact) mass is 385 g/mol. The van der Waals surface area contributed by atoms with Crippen molar-refractivity contribution in [2.24, 2.45) is 0 Å². The Balaban J connectivity index is 1.50. The summed E-state index contributed by atoms with van der Waals surface area (Å²) < 4.78 is 32.0. The molecule has 1 heterocycles. The van der Waals surface area contributed by atoms with E-state index in [9.17, 15) is 13.2 Å². The first kappa shape index (κ1) is 18.8. The highest BCUT2D eigenvalue weighted by atomic mass is 32.2. The van der Waals surface area contributed by atoms with Crippen LogP contribution in [0.5, 0.6) is 0 Å². The summed E-state index contributed by atoms with van der Waals surface area (Å²) in [6.07, 6.45) is 2.93. The van der Waals surface area contributed by atoms with Crippen LogP contribution in [0.3, 0.4) is 0 Å². The summed E-state index contributed by atoms with van der Waals surface area (Å²) in [6, 6.07) is 13.4. The van der Waals surface area contributed by atoms with Gasteiger partial charge in [-0.2, -0.15) is 0 Å². The molecule has 0 unspecified atom stereocenters. The number of rotatable bonds is 7. The normalized spacial score (nSPS) is 11.3. The molecule has 27 heavy (non-hydrogen) atoms. The molecule has 3 rings (SSSR count). The zero-order valence-electron chi connectivity index (χ0n) is 14.7. The minimum Gasteiger partial charge on any atom is -0.444 e. The Morgan fingerprint density at radius 1 is 1.04 bits per heavy atom. The van der Waals surface area contributed by atoms with Crippen molar-refractivity contribution in [3.8, 4) is 11.3 Å². The van der Waals surface area contributed by atoms with Crippen LogP contribution in [-0.2, 0) is 10.0 Å². The first-order chi connectivity index (χ1) is 13.0. The third kappa shape index (κ3) is 4.81. The average molecular weight is 385 g/mol. The number of aromatic nitrogens is 1. The molecular weight excluding hydrogens is 366 g/mol. The Bertz CT molecular complexity index is 996. The van der Waals surface area contributed by atoms with E-state index >= 15 is 0 Å². The molecule has 0 spiro atoms. The molecule has 1 amide bonds. The molecule has 0 aliphatic heterocycles. The maximum atomic E-state index is 12.2. The molecule has 7 nitrogen and oxygen atoms in total. The van der Waals surface area contributed by atoms with E-state index in [0.29, 0.717) is 11.3 Å². The van der Waals surface area contributed by atoms with Gasteiger partial charge in [-0.1, -0.05) is 29.8 Å². The summed E-state index contributed by atoms with van der Waals surface area (Å²) in [5.74, 6) is 0.334. The van der Waals surface area contributed by atoms with Crippen molar-refractivity contribution in [3.05, 3.63) is 72.2 Å². The predicted octanol–water partition coefficient (Wildman–Crippen LogP) is 2.36. The van der Waals surface area contributed by atoms with Crippen LogP contribution in [0.1, 0.15) is 15.9 Å². The Kier molecular flexibility index (Phi) is 5.68. The van der Waals surface area contributed by atoms with Crippen molar-refractivity contribution in [3.63, 3.8) is 0 Å². The fraction of sp³-hybridized carbons (Fsp3) is 0.158. The lowest BCUT2D eigenvalue weighted by atomic mass is 10.1. The standard InChI is InChI=1S/C19H19N3O4S/c1-14-2-8-17(9-3-14)27(24,25)22-11-10-21-19(23)16-6-4-15(5-7-16)18-12-20-13-26-18/h2-9,12-13,22H,10-11H2,1H3,(H,21,23). The highest BCUT2D eigenvalue weighted by Gasteiger charge is 2.13. The lowest BCUT2D eigenvalue weighted by Gasteiger charge is -2.08. The second kappa shape index (κ2) is 8.15. The molecule has 3 aromatic rings. The molecule has 0 radical (unpaired) electrons. The predicted molar refractivity (Wildman–Crippen MR) is 101 cm³/mol. The van der Waals surface area contributed by atoms with Gasteiger partial charge in [0.2, 0.25) is 10.0 Å². The summed E-state index contributed by atoms with van der Waals surface area (Å²) in [5.41, 5.74) is 2.27. The number of carbonyl (C=O) groups is 1. The van der Waals surface area contributed by atoms with Gasteiger partial charge in [0, 0.05) is 24.2 Å². The fourth-order valence-corrected chi connectivity index (χ4v) is 3.44. The van der Waals surface area contributed by atoms with Crippen molar-refractivity contribution in [1.29, 1.82) is 0 Å². The third-order valence-corrected chi connectivity index (χ3v) is 5.37. The molecule has 0 aliphatic rings. The topological polar surface area (TPSA) is 101 Å². The molecular formula is C19H19N3O4S. The van der Waals surface area contributed by atoms with E-state index in [0.717, 1.165) is 11.1 Å². The van der Waals surface area contributed by atoms with Gasteiger partial charge in [-0.25, -0.2) is 18.1 Å². The molecule has 8 heteroatoms. The molecule has 0 bridgehead atoms. The fourth-order valence-electron chi connectivity index (χ4n) is 2.41. The number of amides is 1. The Morgan fingerprint density at radius 3 is 2.37 bits per heavy atom. The van der Waals surface area contributed by atoms with Crippen molar-refractivity contribution >= 4 is 15.9 Å². The van der Waals surface area contributed by atoms with Crippen LogP contribution in [0.15, 0.2) is 70.4 Å². The zero-order chi connectivity index (χ0) is 19.3. The summed E-state index contributed by atoms with van der Waals surface area (Å²) in [5, 5.41) is 2.68. The Hall–Kier alpha value is -2.97. The van der Waals surface area contributed by atoms with Crippen LogP contribution in [-0.4, -0.2) is 32.4 Å². The Labute approximate surface area is 157 Å². The molecule has 0 saturated heterocycles. The van der Waals surface area contributed by atoms with Gasteiger partial charge in [0.05, 0.1) is 11.1 Å². The molecule has 1 aromatic heterocycles. The molecule has 2 aromatic carbocycles. The number of nitrogens with zero attached hydrogens (tertiary/aromatic N) is 1. The second-order valence-corrected chi connectivity index (χ2v) is 7.68. The van der Waals surface area contributed by atoms with Crippen molar-refractivity contribution in [2.45, 2.75) is 11.8 Å². The number of hydrogen-bond acceptors (Lipinski definition) is 5. The number of oxazole rings is 1. The van der Waals surface area contributed by atoms with E-state index in [1.165, 1.54) is 6.39 Å². The van der Waals surface area contributed by atoms with Crippen LogP contribution in [0.2, 0.25) is 0 Å². The first-order valence-electron chi connectivity index (χ1n) is 8.29. The highest BCUT2D eigenvalue weighted by molar-refractivity contribution is 7.89. The molecule has 140 valence electrons. The maximum absolute atomic E-state index is 12.2. The van der Waals surface area contributed by atoms with Crippen LogP contribution in [0.4, 0.5) is 0 Å². The van der Waals surface area contributed by atoms with Gasteiger partial charge in [0.25, 0.3) is 5.91 Å². The van der Waals surface area contributed by atoms with Gasteiger partial charge >= 0.3 is 0 Å². The smallest absolute Gasteiger partial charge is 0.251 e. The quantitative estimate of drug-likeness (QED) is 0.608. The van der Waals surface area contributed by atoms with E-state index < -0.39 is 10.0 Å². The first-order valence-corrected chi connectivity index (χ1v) is 9.77. The minimum atomic E-state index is -3.59. The molecule has 0 saturated carbocycles. The average Bonchev–Trinajstić information content (AvgIpc) is 3.20. The number of hydrogen-bond donors (Lipinski definition) is 2. The van der Waals surface area contributed by atoms with Crippen LogP contribution < -0.4 is 10.0 Å². The van der Waals surface area contributed by atoms with Gasteiger partial charge in [0.1, 0.15) is 0 Å². The van der Waals surface area contributed by atoms with Crippen molar-refractivity contribution < 1.29 is 17.6 Å². The Morgan fingerprint density at radius 2 is 1.74 bits per heavy atom. The van der Waals surface area contributed by atoms with E-state index in [-0.39, 0.29) is 23.9 Å². The number of aryl methyl sites for hydroxylation is 1. The maximum Gasteiger partial charge on any atom is 0.251 e. The van der Waals surface area contributed by atoms with Crippen molar-refractivity contribution in [1.82, 2.24) is 15.0 Å². The summed E-state index contributed by atoms with van der Waals surface area (Å²) in [6.45, 7) is 2.16. The summed E-state index contributed by atoms with van der Waals surface area (Å²) in [4.78, 5) is 16.2. The molecule has 0 fully saturated rings. The van der Waals surface area contributed by atoms with E-state index in [4.69, 9.17) is 4.42 Å². The third-order valence-electron chi connectivity index (χ3n) is 3.90. The highest BCUT2D eigenvalue weighted by Crippen LogP contribution is 2.18. The minimum absolute atomic E-state index is 0.0953. The second-order valence-electron chi connectivity index (χ2n) is 5.91. The zero-order valence-corrected chi connectivity index (χ0v) is 15.5. The van der Waals surface area contributed by atoms with E-state index in [1.807, 2.05) is 6.92 Å². The SMILES string of the molecule is Cc1ccc(S(=O)(=O)NCCNC(=O)c2ccc(-c3cnco3)cc2)cc1. The van der Waals surface area contributed by atoms with Gasteiger partial charge in [0.15, 0.2) is 12.2 Å². The largest absolute Gasteiger partial charge is 0.444 e. The van der Waals surface area contributed by atoms with Crippen molar-refractivity contribution in [2.75, 3.05) is 13.1 Å². The number of benzene rings is 2. The van der Waals surface area contributed by atoms with Gasteiger partial charge in [-0.15, -0.1) is 0 Å². The van der Waals surface area contributed by atoms with E-state index in [1.54, 1.807) is 54.7 Å². The number of nitrogens with one attached hydrogen (secondary N) is 2. The summed E-state index contributed by atoms with van der Waals surface area (Å²) in [7, 11) is -3.59. The molecule has 0 atom stereocenters. The lowest BCUT2D eigenvalue weighted by Crippen LogP contribution is -2.34. The van der Waals surface area contributed by atoms with E-state index in [2.05, 4.69) is 15.0 Å². The van der Waals surface area contributed by atoms with Gasteiger partial charge in [-0.3, -0.25) is 4.79 Å². The molecule has 0 aliphatic carbocycles. The van der Waals surface area contributed by atoms with Crippen LogP contribution in [0, 0.1) is 6.92 Å². The van der Waals surface area contributed by atoms with Crippen LogP contribution in [0.25, 0.3) is 11.3 Å². The van der Waals surface area contributed by atoms with Gasteiger partial charge in [-0.05, 0) is 31.2 Å². The molecule has 2 N–H and O–H groups in total. The number of sulfonamides is 1.